The van der Waals surface area contributed by atoms with Crippen molar-refractivity contribution in [3.8, 4) is 0 Å². The molecule has 0 saturated heterocycles. The molecule has 12 heteroatoms. The van der Waals surface area contributed by atoms with Gasteiger partial charge in [-0.15, -0.1) is 5.10 Å². The highest BCUT2D eigenvalue weighted by molar-refractivity contribution is 5.87. The van der Waals surface area contributed by atoms with Gasteiger partial charge >= 0.3 is 12.1 Å². The van der Waals surface area contributed by atoms with Crippen LogP contribution in [0.3, 0.4) is 0 Å². The summed E-state index contributed by atoms with van der Waals surface area (Å²) in [6.45, 7) is -0.714. The molecule has 0 bridgehead atoms. The van der Waals surface area contributed by atoms with Crippen molar-refractivity contribution < 1.29 is 36.6 Å². The van der Waals surface area contributed by atoms with Crippen LogP contribution in [0.15, 0.2) is 6.33 Å². The number of carboxylic acids is 1. The molecule has 1 saturated carbocycles. The van der Waals surface area contributed by atoms with Crippen LogP contribution in [0.4, 0.5) is 22.0 Å². The maximum absolute atomic E-state index is 13.2. The molecule has 1 fully saturated rings. The smallest absolute Gasteiger partial charge is 0.453 e. The van der Waals surface area contributed by atoms with E-state index in [1.54, 1.807) is 0 Å². The lowest BCUT2D eigenvalue weighted by Gasteiger charge is -2.37. The highest BCUT2D eigenvalue weighted by atomic mass is 19.4. The van der Waals surface area contributed by atoms with E-state index in [-0.39, 0.29) is 0 Å². The Balaban J connectivity index is 2.04. The SMILES string of the molecule is O=C(Cn1cnc(C(F)(F)F)n1)NC1(C(=O)O)CCC(F)(F)CC1. The van der Waals surface area contributed by atoms with Crippen LogP contribution in [0.1, 0.15) is 31.5 Å². The fourth-order valence-corrected chi connectivity index (χ4v) is 2.39. The number of carbonyl (C=O) groups is 2. The number of rotatable bonds is 4. The third-order valence-corrected chi connectivity index (χ3v) is 3.72. The van der Waals surface area contributed by atoms with Crippen LogP contribution < -0.4 is 5.32 Å². The fourth-order valence-electron chi connectivity index (χ4n) is 2.39. The number of hydrogen-bond acceptors (Lipinski definition) is 4. The third kappa shape index (κ3) is 3.97. The summed E-state index contributed by atoms with van der Waals surface area (Å²) in [6.07, 6.45) is -6.48. The first-order chi connectivity index (χ1) is 10.9. The number of aromatic nitrogens is 3. The van der Waals surface area contributed by atoms with Crippen molar-refractivity contribution >= 4 is 11.9 Å². The Hall–Kier alpha value is -2.27. The summed E-state index contributed by atoms with van der Waals surface area (Å²) in [5, 5.41) is 14.4. The minimum Gasteiger partial charge on any atom is -0.480 e. The summed E-state index contributed by atoms with van der Waals surface area (Å²) in [5.41, 5.74) is -1.87. The second kappa shape index (κ2) is 5.98. The molecule has 1 heterocycles. The molecule has 7 nitrogen and oxygen atoms in total. The number of hydrogen-bond donors (Lipinski definition) is 2. The molecule has 1 aliphatic rings. The monoisotopic (exact) mass is 356 g/mol. The van der Waals surface area contributed by atoms with Gasteiger partial charge in [0, 0.05) is 12.8 Å². The average Bonchev–Trinajstić information content (AvgIpc) is 2.89. The number of carbonyl (C=O) groups excluding carboxylic acids is 1. The molecule has 1 aromatic heterocycles. The van der Waals surface area contributed by atoms with Crippen LogP contribution in [0, 0.1) is 0 Å². The zero-order chi connectivity index (χ0) is 18.2. The average molecular weight is 356 g/mol. The van der Waals surface area contributed by atoms with Gasteiger partial charge in [0.1, 0.15) is 18.4 Å². The molecule has 0 atom stereocenters. The molecule has 2 rings (SSSR count). The van der Waals surface area contributed by atoms with E-state index in [4.69, 9.17) is 0 Å². The van der Waals surface area contributed by atoms with Crippen molar-refractivity contribution in [2.45, 2.75) is 49.9 Å². The second-order valence-corrected chi connectivity index (χ2v) is 5.55. The molecule has 0 aromatic carbocycles. The lowest BCUT2D eigenvalue weighted by atomic mass is 9.80. The van der Waals surface area contributed by atoms with Gasteiger partial charge in [-0.05, 0) is 12.8 Å². The quantitative estimate of drug-likeness (QED) is 0.796. The highest BCUT2D eigenvalue weighted by Crippen LogP contribution is 2.38. The molecule has 1 amide bonds. The van der Waals surface area contributed by atoms with Gasteiger partial charge < -0.3 is 10.4 Å². The number of amides is 1. The lowest BCUT2D eigenvalue weighted by molar-refractivity contribution is -0.153. The Morgan fingerprint density at radius 2 is 1.83 bits per heavy atom. The number of aliphatic carboxylic acids is 1. The molecule has 0 aliphatic heterocycles. The Bertz CT molecular complexity index is 633. The van der Waals surface area contributed by atoms with Crippen molar-refractivity contribution in [2.75, 3.05) is 0 Å². The van der Waals surface area contributed by atoms with E-state index < -0.39 is 67.6 Å². The lowest BCUT2D eigenvalue weighted by Crippen LogP contribution is -2.58. The number of halogens is 5. The highest BCUT2D eigenvalue weighted by Gasteiger charge is 2.49. The Labute approximate surface area is 131 Å². The maximum Gasteiger partial charge on any atom is 0.453 e. The molecule has 0 unspecified atom stereocenters. The summed E-state index contributed by atoms with van der Waals surface area (Å²) in [5.74, 6) is -6.88. The molecule has 1 aromatic rings. The van der Waals surface area contributed by atoms with Crippen LogP contribution in [0.25, 0.3) is 0 Å². The summed E-state index contributed by atoms with van der Waals surface area (Å²) < 4.78 is 64.0. The van der Waals surface area contributed by atoms with Crippen molar-refractivity contribution in [1.82, 2.24) is 20.1 Å². The topological polar surface area (TPSA) is 97.1 Å². The first-order valence-corrected chi connectivity index (χ1v) is 6.82. The van der Waals surface area contributed by atoms with E-state index in [2.05, 4.69) is 15.4 Å². The molecule has 0 radical (unpaired) electrons. The number of alkyl halides is 5. The van der Waals surface area contributed by atoms with Crippen molar-refractivity contribution in [3.63, 3.8) is 0 Å². The summed E-state index contributed by atoms with van der Waals surface area (Å²) in [4.78, 5) is 26.2. The predicted octanol–water partition coefficient (Wildman–Crippen LogP) is 1.45. The van der Waals surface area contributed by atoms with Gasteiger partial charge in [0.25, 0.3) is 5.82 Å². The Morgan fingerprint density at radius 3 is 2.29 bits per heavy atom. The molecule has 134 valence electrons. The van der Waals surface area contributed by atoms with Crippen LogP contribution in [0.5, 0.6) is 0 Å². The first kappa shape index (κ1) is 18.1. The van der Waals surface area contributed by atoms with Crippen molar-refractivity contribution in [2.24, 2.45) is 0 Å². The minimum atomic E-state index is -4.78. The third-order valence-electron chi connectivity index (χ3n) is 3.72. The molecule has 1 aliphatic carbocycles. The van der Waals surface area contributed by atoms with Gasteiger partial charge in [-0.3, -0.25) is 4.79 Å². The molecule has 2 N–H and O–H groups in total. The standard InChI is InChI=1S/C12H13F5N4O3/c13-11(14)3-1-10(2-4-11,9(23)24)19-7(22)5-21-6-18-8(20-21)12(15,16)17/h6H,1-5H2,(H,19,22)(H,23,24). The number of carboxylic acid groups (broad SMARTS) is 1. The second-order valence-electron chi connectivity index (χ2n) is 5.55. The van der Waals surface area contributed by atoms with Gasteiger partial charge in [-0.2, -0.15) is 13.2 Å². The van der Waals surface area contributed by atoms with Gasteiger partial charge in [0.05, 0.1) is 0 Å². The summed E-state index contributed by atoms with van der Waals surface area (Å²) in [7, 11) is 0. The Kier molecular flexibility index (Phi) is 4.50. The van der Waals surface area contributed by atoms with E-state index >= 15 is 0 Å². The predicted molar refractivity (Wildman–Crippen MR) is 66.9 cm³/mol. The normalized spacial score (nSPS) is 19.7. The van der Waals surface area contributed by atoms with Crippen LogP contribution in [0.2, 0.25) is 0 Å². The minimum absolute atomic E-state index is 0.480. The van der Waals surface area contributed by atoms with Crippen LogP contribution >= 0.6 is 0 Å². The first-order valence-electron chi connectivity index (χ1n) is 6.82. The zero-order valence-electron chi connectivity index (χ0n) is 12.1. The fraction of sp³-hybridized carbons (Fsp3) is 0.667. The number of nitrogens with one attached hydrogen (secondary N) is 1. The van der Waals surface area contributed by atoms with Gasteiger partial charge in [-0.25, -0.2) is 23.2 Å². The Morgan fingerprint density at radius 1 is 1.25 bits per heavy atom. The maximum atomic E-state index is 13.2. The molecule has 24 heavy (non-hydrogen) atoms. The van der Waals surface area contributed by atoms with E-state index in [1.165, 1.54) is 0 Å². The number of nitrogens with zero attached hydrogens (tertiary/aromatic N) is 3. The van der Waals surface area contributed by atoms with Crippen molar-refractivity contribution in [3.05, 3.63) is 12.2 Å². The van der Waals surface area contributed by atoms with E-state index in [9.17, 15) is 36.6 Å². The van der Waals surface area contributed by atoms with Gasteiger partial charge in [0.15, 0.2) is 0 Å². The van der Waals surface area contributed by atoms with Crippen molar-refractivity contribution in [1.29, 1.82) is 0 Å². The van der Waals surface area contributed by atoms with E-state index in [0.29, 0.717) is 11.0 Å². The van der Waals surface area contributed by atoms with Crippen LogP contribution in [-0.4, -0.2) is 43.2 Å². The molecule has 0 spiro atoms. The van der Waals surface area contributed by atoms with Crippen LogP contribution in [-0.2, 0) is 22.3 Å². The van der Waals surface area contributed by atoms with E-state index in [0.717, 1.165) is 0 Å². The molecular formula is C12H13F5N4O3. The molecular weight excluding hydrogens is 343 g/mol. The van der Waals surface area contributed by atoms with E-state index in [1.807, 2.05) is 0 Å². The summed E-state index contributed by atoms with van der Waals surface area (Å²) >= 11 is 0. The van der Waals surface area contributed by atoms with Gasteiger partial charge in [0.2, 0.25) is 11.8 Å². The summed E-state index contributed by atoms with van der Waals surface area (Å²) in [6, 6.07) is 0. The van der Waals surface area contributed by atoms with Gasteiger partial charge in [-0.1, -0.05) is 0 Å². The zero-order valence-corrected chi connectivity index (χ0v) is 12.1. The largest absolute Gasteiger partial charge is 0.480 e.